The third-order valence-electron chi connectivity index (χ3n) is 1.21. The third-order valence-corrected chi connectivity index (χ3v) is 1.21. The maximum Gasteiger partial charge on any atom is 0.123 e. The molecule has 0 fully saturated rings. The standard InChI is InChI=1S/C6H4F2.C4H10O/c7-5-1-2-6(8)4-3-5;1-3-5-4-2/h1-4H;3-4H2,1-2H3. The molecule has 0 aliphatic carbocycles. The Labute approximate surface area is 77.3 Å². The molecule has 74 valence electrons. The van der Waals surface area contributed by atoms with E-state index in [-0.39, 0.29) is 0 Å². The molecule has 0 atom stereocenters. The second-order valence-corrected chi connectivity index (χ2v) is 2.22. The van der Waals surface area contributed by atoms with E-state index in [1.165, 1.54) is 0 Å². The zero-order valence-corrected chi connectivity index (χ0v) is 7.89. The van der Waals surface area contributed by atoms with Gasteiger partial charge in [0.2, 0.25) is 0 Å². The second-order valence-electron chi connectivity index (χ2n) is 2.22. The molecule has 1 aromatic carbocycles. The maximum absolute atomic E-state index is 11.9. The quantitative estimate of drug-likeness (QED) is 0.693. The number of hydrogen-bond acceptors (Lipinski definition) is 1. The minimum absolute atomic E-state index is 0.411. The molecule has 0 aromatic heterocycles. The molecule has 0 N–H and O–H groups in total. The van der Waals surface area contributed by atoms with Crippen molar-refractivity contribution in [2.75, 3.05) is 13.2 Å². The Morgan fingerprint density at radius 3 is 1.38 bits per heavy atom. The van der Waals surface area contributed by atoms with E-state index in [4.69, 9.17) is 4.74 Å². The maximum atomic E-state index is 11.9. The molecule has 0 aliphatic heterocycles. The molecular weight excluding hydrogens is 174 g/mol. The SMILES string of the molecule is CCOCC.Fc1ccc(F)cc1. The summed E-state index contributed by atoms with van der Waals surface area (Å²) in [5.41, 5.74) is 0. The van der Waals surface area contributed by atoms with Crippen molar-refractivity contribution in [3.8, 4) is 0 Å². The summed E-state index contributed by atoms with van der Waals surface area (Å²) in [5.74, 6) is -0.821. The van der Waals surface area contributed by atoms with Crippen LogP contribution in [0.1, 0.15) is 13.8 Å². The van der Waals surface area contributed by atoms with Gasteiger partial charge in [-0.05, 0) is 38.1 Å². The Balaban J connectivity index is 0.000000252. The van der Waals surface area contributed by atoms with Gasteiger partial charge < -0.3 is 4.74 Å². The van der Waals surface area contributed by atoms with Crippen molar-refractivity contribution in [3.63, 3.8) is 0 Å². The van der Waals surface area contributed by atoms with Gasteiger partial charge in [-0.1, -0.05) is 0 Å². The van der Waals surface area contributed by atoms with E-state index in [0.717, 1.165) is 37.5 Å². The van der Waals surface area contributed by atoms with Crippen LogP contribution in [0.5, 0.6) is 0 Å². The molecule has 0 bridgehead atoms. The second kappa shape index (κ2) is 7.68. The van der Waals surface area contributed by atoms with E-state index in [1.807, 2.05) is 13.8 Å². The van der Waals surface area contributed by atoms with Gasteiger partial charge in [-0.3, -0.25) is 0 Å². The molecule has 0 unspecified atom stereocenters. The van der Waals surface area contributed by atoms with Crippen molar-refractivity contribution < 1.29 is 13.5 Å². The summed E-state index contributed by atoms with van der Waals surface area (Å²) in [6, 6.07) is 4.31. The van der Waals surface area contributed by atoms with Crippen LogP contribution in [-0.2, 0) is 4.74 Å². The largest absolute Gasteiger partial charge is 0.382 e. The molecule has 0 saturated carbocycles. The lowest BCUT2D eigenvalue weighted by molar-refractivity contribution is 0.162. The van der Waals surface area contributed by atoms with Crippen molar-refractivity contribution in [3.05, 3.63) is 35.9 Å². The van der Waals surface area contributed by atoms with Crippen molar-refractivity contribution in [2.45, 2.75) is 13.8 Å². The lowest BCUT2D eigenvalue weighted by Crippen LogP contribution is -1.84. The van der Waals surface area contributed by atoms with Crippen LogP contribution in [0.3, 0.4) is 0 Å². The van der Waals surface area contributed by atoms with E-state index in [0.29, 0.717) is 0 Å². The fraction of sp³-hybridized carbons (Fsp3) is 0.400. The lowest BCUT2D eigenvalue weighted by Gasteiger charge is -1.86. The van der Waals surface area contributed by atoms with E-state index in [2.05, 4.69) is 0 Å². The number of benzene rings is 1. The first-order valence-corrected chi connectivity index (χ1v) is 4.19. The van der Waals surface area contributed by atoms with E-state index >= 15 is 0 Å². The van der Waals surface area contributed by atoms with Crippen LogP contribution in [0.4, 0.5) is 8.78 Å². The zero-order valence-electron chi connectivity index (χ0n) is 7.89. The third kappa shape index (κ3) is 7.40. The zero-order chi connectivity index (χ0) is 10.1. The summed E-state index contributed by atoms with van der Waals surface area (Å²) < 4.78 is 28.7. The molecule has 0 radical (unpaired) electrons. The van der Waals surface area contributed by atoms with Crippen LogP contribution in [0.15, 0.2) is 24.3 Å². The molecule has 1 aromatic rings. The summed E-state index contributed by atoms with van der Waals surface area (Å²) in [7, 11) is 0. The van der Waals surface area contributed by atoms with Gasteiger partial charge in [0.05, 0.1) is 0 Å². The van der Waals surface area contributed by atoms with Crippen LogP contribution in [-0.4, -0.2) is 13.2 Å². The first-order chi connectivity index (χ1) is 6.20. The van der Waals surface area contributed by atoms with Crippen LogP contribution in [0.2, 0.25) is 0 Å². The molecule has 0 amide bonds. The van der Waals surface area contributed by atoms with Gasteiger partial charge >= 0.3 is 0 Å². The Kier molecular flexibility index (Phi) is 7.11. The molecule has 3 heteroatoms. The average Bonchev–Trinajstić information content (AvgIpc) is 2.13. The summed E-state index contributed by atoms with van der Waals surface area (Å²) in [4.78, 5) is 0. The number of rotatable bonds is 2. The fourth-order valence-corrected chi connectivity index (χ4v) is 0.634. The summed E-state index contributed by atoms with van der Waals surface area (Å²) >= 11 is 0. The van der Waals surface area contributed by atoms with Gasteiger partial charge in [0, 0.05) is 13.2 Å². The van der Waals surface area contributed by atoms with Gasteiger partial charge in [-0.15, -0.1) is 0 Å². The lowest BCUT2D eigenvalue weighted by atomic mass is 10.3. The van der Waals surface area contributed by atoms with Crippen molar-refractivity contribution >= 4 is 0 Å². The molecule has 1 nitrogen and oxygen atoms in total. The van der Waals surface area contributed by atoms with E-state index < -0.39 is 11.6 Å². The van der Waals surface area contributed by atoms with Crippen LogP contribution in [0, 0.1) is 11.6 Å². The summed E-state index contributed by atoms with van der Waals surface area (Å²) in [5, 5.41) is 0. The number of hydrogen-bond donors (Lipinski definition) is 0. The molecule has 1 rings (SSSR count). The summed E-state index contributed by atoms with van der Waals surface area (Å²) in [6.07, 6.45) is 0. The highest BCUT2D eigenvalue weighted by Crippen LogP contribution is 1.98. The van der Waals surface area contributed by atoms with E-state index in [1.54, 1.807) is 0 Å². The Hall–Kier alpha value is -0.960. The Morgan fingerprint density at radius 1 is 0.923 bits per heavy atom. The van der Waals surface area contributed by atoms with Gasteiger partial charge in [0.1, 0.15) is 11.6 Å². The van der Waals surface area contributed by atoms with Crippen LogP contribution < -0.4 is 0 Å². The predicted octanol–water partition coefficient (Wildman–Crippen LogP) is 3.01. The number of halogens is 2. The molecule has 0 spiro atoms. The molecule has 0 saturated heterocycles. The Bertz CT molecular complexity index is 186. The van der Waals surface area contributed by atoms with Gasteiger partial charge in [-0.25, -0.2) is 8.78 Å². The molecular formula is C10H14F2O. The van der Waals surface area contributed by atoms with Gasteiger partial charge in [0.25, 0.3) is 0 Å². The van der Waals surface area contributed by atoms with Crippen molar-refractivity contribution in [1.82, 2.24) is 0 Å². The molecule has 13 heavy (non-hydrogen) atoms. The number of ether oxygens (including phenoxy) is 1. The Morgan fingerprint density at radius 2 is 1.23 bits per heavy atom. The first kappa shape index (κ1) is 12.0. The first-order valence-electron chi connectivity index (χ1n) is 4.19. The van der Waals surface area contributed by atoms with Crippen molar-refractivity contribution in [2.24, 2.45) is 0 Å². The highest BCUT2D eigenvalue weighted by molar-refractivity contribution is 5.04. The molecule has 0 heterocycles. The molecule has 0 aliphatic rings. The minimum Gasteiger partial charge on any atom is -0.382 e. The smallest absolute Gasteiger partial charge is 0.123 e. The van der Waals surface area contributed by atoms with Gasteiger partial charge in [-0.2, -0.15) is 0 Å². The van der Waals surface area contributed by atoms with Gasteiger partial charge in [0.15, 0.2) is 0 Å². The normalized spacial score (nSPS) is 8.92. The highest BCUT2D eigenvalue weighted by atomic mass is 19.1. The minimum atomic E-state index is -0.411. The van der Waals surface area contributed by atoms with E-state index in [9.17, 15) is 8.78 Å². The topological polar surface area (TPSA) is 9.23 Å². The van der Waals surface area contributed by atoms with Crippen LogP contribution in [0.25, 0.3) is 0 Å². The average molecular weight is 188 g/mol. The predicted molar refractivity (Wildman–Crippen MR) is 48.5 cm³/mol. The summed E-state index contributed by atoms with van der Waals surface area (Å²) in [6.45, 7) is 5.67. The fourth-order valence-electron chi connectivity index (χ4n) is 0.634. The highest BCUT2D eigenvalue weighted by Gasteiger charge is 1.86. The monoisotopic (exact) mass is 188 g/mol. The van der Waals surface area contributed by atoms with Crippen LogP contribution >= 0.6 is 0 Å². The van der Waals surface area contributed by atoms with Crippen molar-refractivity contribution in [1.29, 1.82) is 0 Å².